The van der Waals surface area contributed by atoms with E-state index in [-0.39, 0.29) is 47.8 Å². The van der Waals surface area contributed by atoms with Crippen LogP contribution in [0.2, 0.25) is 0 Å². The number of likely N-dealkylation sites (tertiary alicyclic amines) is 1. The quantitative estimate of drug-likeness (QED) is 0.414. The molecule has 10 heteroatoms. The van der Waals surface area contributed by atoms with Crippen molar-refractivity contribution < 1.29 is 38.7 Å². The topological polar surface area (TPSA) is 127 Å². The van der Waals surface area contributed by atoms with Crippen molar-refractivity contribution in [1.82, 2.24) is 4.90 Å². The Bertz CT molecular complexity index is 1290. The maximum atomic E-state index is 14.0. The molecule has 5 aliphatic carbocycles. The lowest BCUT2D eigenvalue weighted by Crippen LogP contribution is -2.83. The van der Waals surface area contributed by atoms with E-state index in [1.807, 2.05) is 0 Å². The minimum Gasteiger partial charge on any atom is -0.454 e. The second-order valence-electron chi connectivity index (χ2n) is 13.7. The van der Waals surface area contributed by atoms with Gasteiger partial charge in [-0.15, -0.1) is 0 Å². The van der Waals surface area contributed by atoms with E-state index in [2.05, 4.69) is 17.1 Å². The van der Waals surface area contributed by atoms with Gasteiger partial charge < -0.3 is 34.5 Å². The molecule has 1 amide bonds. The van der Waals surface area contributed by atoms with E-state index in [0.29, 0.717) is 56.4 Å². The molecular weight excluding hydrogens is 540 g/mol. The molecule has 0 aromatic heterocycles. The Morgan fingerprint density at radius 3 is 2.50 bits per heavy atom. The third-order valence-electron chi connectivity index (χ3n) is 12.6. The Morgan fingerprint density at radius 2 is 1.83 bits per heavy atom. The van der Waals surface area contributed by atoms with Crippen LogP contribution in [0.5, 0.6) is 0 Å². The molecule has 7 rings (SSSR count). The molecule has 1 aliphatic heterocycles. The zero-order valence-electron chi connectivity index (χ0n) is 25.2. The van der Waals surface area contributed by atoms with Crippen molar-refractivity contribution in [3.05, 3.63) is 29.8 Å². The first-order chi connectivity index (χ1) is 20.1. The minimum atomic E-state index is -1.48. The van der Waals surface area contributed by atoms with Crippen molar-refractivity contribution in [1.29, 1.82) is 0 Å². The number of aliphatic hydroxyl groups is 2. The van der Waals surface area contributed by atoms with Gasteiger partial charge in [-0.05, 0) is 44.4 Å². The number of fused-ring (bicyclic) bond motifs is 2. The number of likely N-dealkylation sites (N-methyl/N-ethyl adjacent to an activating group) is 1. The molecule has 6 fully saturated rings. The number of anilines is 1. The highest BCUT2D eigenvalue weighted by Crippen LogP contribution is 2.79. The molecule has 7 bridgehead atoms. The van der Waals surface area contributed by atoms with Crippen LogP contribution in [0.3, 0.4) is 0 Å². The SMILES string of the molecule is CCN1C[C@]2(OC(=O)c3ccccc3NC(C)=O)CC[C@H](OC)[C@@]34[C@H]1[C@@H](C[C@@H]23)[C@@]1(O)C[C@H](OC)[C@H]2C[C@@H]4[C@]1(O)[C@@H]2OC. The summed E-state index contributed by atoms with van der Waals surface area (Å²) in [6.45, 7) is 4.79. The lowest BCUT2D eigenvalue weighted by molar-refractivity contribution is -0.337. The Kier molecular flexibility index (Phi) is 6.46. The molecule has 10 nitrogen and oxygen atoms in total. The highest BCUT2D eigenvalue weighted by molar-refractivity contribution is 6.00. The summed E-state index contributed by atoms with van der Waals surface area (Å²) in [5.74, 6) is -1.54. The summed E-state index contributed by atoms with van der Waals surface area (Å²) in [6.07, 6.45) is 1.91. The largest absolute Gasteiger partial charge is 0.454 e. The van der Waals surface area contributed by atoms with Crippen LogP contribution < -0.4 is 5.32 Å². The first-order valence-electron chi connectivity index (χ1n) is 15.4. The Hall–Kier alpha value is -2.08. The number of rotatable bonds is 7. The fraction of sp³-hybridized carbons (Fsp3) is 0.750. The zero-order chi connectivity index (χ0) is 29.8. The Morgan fingerprint density at radius 1 is 1.07 bits per heavy atom. The van der Waals surface area contributed by atoms with Gasteiger partial charge in [0.2, 0.25) is 5.91 Å². The van der Waals surface area contributed by atoms with Gasteiger partial charge in [0.05, 0.1) is 29.6 Å². The number of nitrogens with one attached hydrogen (secondary N) is 1. The van der Waals surface area contributed by atoms with Crippen molar-refractivity contribution in [2.75, 3.05) is 39.7 Å². The normalized spacial score (nSPS) is 48.2. The van der Waals surface area contributed by atoms with Gasteiger partial charge in [0, 0.05) is 76.3 Å². The van der Waals surface area contributed by atoms with Gasteiger partial charge in [0.15, 0.2) is 0 Å². The molecule has 1 saturated heterocycles. The standard InChI is InChI=1S/C32H44N2O8/c1-6-34-16-29(42-28(36)18-9-7-8-10-21(18)33-17(2)35)12-11-25(40-4)31-23(29)14-20(26(31)34)30(37)15-22(39-3)19-13-24(31)32(30,38)27(19)41-5/h7-10,19-20,22-27,37-38H,6,11-16H2,1-5H3,(H,33,35)/t19-,20-,22+,23+,24+,25+,26-,27-,29-,30+,31-,32+/m1/s1. The third kappa shape index (κ3) is 3.21. The van der Waals surface area contributed by atoms with Gasteiger partial charge in [-0.1, -0.05) is 19.1 Å². The molecule has 42 heavy (non-hydrogen) atoms. The Labute approximate surface area is 247 Å². The molecule has 0 unspecified atom stereocenters. The van der Waals surface area contributed by atoms with Crippen LogP contribution in [0.4, 0.5) is 5.69 Å². The molecule has 12 atom stereocenters. The van der Waals surface area contributed by atoms with E-state index >= 15 is 0 Å². The second kappa shape index (κ2) is 9.46. The fourth-order valence-corrected chi connectivity index (χ4v) is 11.6. The number of nitrogens with zero attached hydrogens (tertiary/aromatic N) is 1. The number of para-hydroxylation sites is 1. The maximum absolute atomic E-state index is 14.0. The van der Waals surface area contributed by atoms with E-state index in [1.165, 1.54) is 6.92 Å². The molecule has 1 aromatic carbocycles. The third-order valence-corrected chi connectivity index (χ3v) is 12.6. The van der Waals surface area contributed by atoms with Crippen molar-refractivity contribution in [3.8, 4) is 0 Å². The number of esters is 1. The molecule has 6 aliphatic rings. The van der Waals surface area contributed by atoms with Gasteiger partial charge >= 0.3 is 5.97 Å². The molecule has 5 saturated carbocycles. The number of amides is 1. The predicted octanol–water partition coefficient (Wildman–Crippen LogP) is 2.22. The summed E-state index contributed by atoms with van der Waals surface area (Å²) in [5, 5.41) is 28.4. The van der Waals surface area contributed by atoms with E-state index in [0.717, 1.165) is 0 Å². The summed E-state index contributed by atoms with van der Waals surface area (Å²) in [4.78, 5) is 28.3. The van der Waals surface area contributed by atoms with Crippen LogP contribution in [0.25, 0.3) is 0 Å². The first kappa shape index (κ1) is 28.7. The van der Waals surface area contributed by atoms with Gasteiger partial charge in [-0.25, -0.2) is 4.79 Å². The van der Waals surface area contributed by atoms with Crippen LogP contribution in [0, 0.1) is 29.1 Å². The highest BCUT2D eigenvalue weighted by atomic mass is 16.6. The van der Waals surface area contributed by atoms with Gasteiger partial charge in [-0.2, -0.15) is 0 Å². The lowest BCUT2D eigenvalue weighted by atomic mass is 9.44. The monoisotopic (exact) mass is 584 g/mol. The van der Waals surface area contributed by atoms with E-state index in [4.69, 9.17) is 18.9 Å². The summed E-state index contributed by atoms with van der Waals surface area (Å²) < 4.78 is 25.1. The average molecular weight is 585 g/mol. The number of hydrogen-bond donors (Lipinski definition) is 3. The van der Waals surface area contributed by atoms with E-state index in [9.17, 15) is 19.8 Å². The summed E-state index contributed by atoms with van der Waals surface area (Å²) >= 11 is 0. The molecule has 1 heterocycles. The number of benzene rings is 1. The number of hydrogen-bond acceptors (Lipinski definition) is 9. The fourth-order valence-electron chi connectivity index (χ4n) is 11.6. The smallest absolute Gasteiger partial charge is 0.340 e. The summed E-state index contributed by atoms with van der Waals surface area (Å²) in [5.41, 5.74) is -3.57. The second-order valence-corrected chi connectivity index (χ2v) is 13.7. The molecule has 0 radical (unpaired) electrons. The number of piperidine rings is 1. The number of carbonyl (C=O) groups excluding carboxylic acids is 2. The average Bonchev–Trinajstić information content (AvgIpc) is 3.39. The summed E-state index contributed by atoms with van der Waals surface area (Å²) in [7, 11) is 5.05. The lowest BCUT2D eigenvalue weighted by Gasteiger charge is -2.70. The molecule has 3 N–H and O–H groups in total. The van der Waals surface area contributed by atoms with Crippen molar-refractivity contribution in [3.63, 3.8) is 0 Å². The number of ether oxygens (including phenoxy) is 4. The van der Waals surface area contributed by atoms with Crippen LogP contribution in [0.1, 0.15) is 56.3 Å². The number of methoxy groups -OCH3 is 3. The van der Waals surface area contributed by atoms with Crippen LogP contribution >= 0.6 is 0 Å². The number of carbonyl (C=O) groups is 2. The predicted molar refractivity (Wildman–Crippen MR) is 152 cm³/mol. The molecule has 1 spiro atoms. The molecule has 230 valence electrons. The van der Waals surface area contributed by atoms with Crippen molar-refractivity contribution in [2.45, 2.75) is 87.1 Å². The van der Waals surface area contributed by atoms with Gasteiger partial charge in [-0.3, -0.25) is 9.69 Å². The van der Waals surface area contributed by atoms with E-state index in [1.54, 1.807) is 45.6 Å². The first-order valence-corrected chi connectivity index (χ1v) is 15.4. The summed E-state index contributed by atoms with van der Waals surface area (Å²) in [6, 6.07) is 6.89. The Balaban J connectivity index is 1.38. The highest BCUT2D eigenvalue weighted by Gasteiger charge is 2.89. The van der Waals surface area contributed by atoms with Crippen LogP contribution in [0.15, 0.2) is 24.3 Å². The van der Waals surface area contributed by atoms with Crippen molar-refractivity contribution in [2.24, 2.45) is 29.1 Å². The molecule has 1 aromatic rings. The van der Waals surface area contributed by atoms with E-state index < -0.39 is 34.3 Å². The van der Waals surface area contributed by atoms with Gasteiger partial charge in [0.25, 0.3) is 0 Å². The van der Waals surface area contributed by atoms with Crippen LogP contribution in [-0.2, 0) is 23.7 Å². The minimum absolute atomic E-state index is 0.0432. The van der Waals surface area contributed by atoms with Gasteiger partial charge in [0.1, 0.15) is 16.8 Å². The molecular formula is C32H44N2O8. The zero-order valence-corrected chi connectivity index (χ0v) is 25.2. The van der Waals surface area contributed by atoms with Crippen LogP contribution in [-0.4, -0.2) is 103 Å². The maximum Gasteiger partial charge on any atom is 0.340 e. The van der Waals surface area contributed by atoms with Crippen molar-refractivity contribution >= 4 is 17.6 Å².